The summed E-state index contributed by atoms with van der Waals surface area (Å²) in [4.78, 5) is 3.88. The van der Waals surface area contributed by atoms with E-state index in [0.717, 1.165) is 5.69 Å². The minimum atomic E-state index is 0.462. The van der Waals surface area contributed by atoms with E-state index >= 15 is 0 Å². The lowest BCUT2D eigenvalue weighted by Gasteiger charge is -2.00. The monoisotopic (exact) mass is 194 g/mol. The highest BCUT2D eigenvalue weighted by molar-refractivity contribution is 6.30. The van der Waals surface area contributed by atoms with Gasteiger partial charge in [0.2, 0.25) is 0 Å². The summed E-state index contributed by atoms with van der Waals surface area (Å²) in [5.41, 5.74) is 6.36. The number of nitrogens with zero attached hydrogens (tertiary/aromatic N) is 3. The van der Waals surface area contributed by atoms with E-state index < -0.39 is 0 Å². The minimum Gasteiger partial charge on any atom is -0.384 e. The third-order valence-electron chi connectivity index (χ3n) is 1.58. The Balaban J connectivity index is 2.46. The van der Waals surface area contributed by atoms with Gasteiger partial charge in [-0.3, -0.25) is 0 Å². The summed E-state index contributed by atoms with van der Waals surface area (Å²) >= 11 is 5.72. The van der Waals surface area contributed by atoms with Gasteiger partial charge in [-0.15, -0.1) is 0 Å². The molecule has 0 aromatic carbocycles. The van der Waals surface area contributed by atoms with Crippen LogP contribution < -0.4 is 5.73 Å². The van der Waals surface area contributed by atoms with Crippen LogP contribution in [0.4, 0.5) is 5.82 Å². The van der Waals surface area contributed by atoms with Crippen LogP contribution in [0.1, 0.15) is 0 Å². The number of nitrogens with two attached hydrogens (primary N) is 1. The molecule has 13 heavy (non-hydrogen) atoms. The van der Waals surface area contributed by atoms with Gasteiger partial charge in [-0.1, -0.05) is 11.6 Å². The Kier molecular flexibility index (Phi) is 1.90. The van der Waals surface area contributed by atoms with Crippen molar-refractivity contribution in [3.05, 3.63) is 35.7 Å². The number of anilines is 1. The number of rotatable bonds is 1. The molecule has 0 amide bonds. The second kappa shape index (κ2) is 3.06. The lowest BCUT2D eigenvalue weighted by Crippen LogP contribution is -1.97. The quantitative estimate of drug-likeness (QED) is 0.749. The van der Waals surface area contributed by atoms with Gasteiger partial charge in [0.05, 0.1) is 16.9 Å². The molecule has 0 saturated carbocycles. The first-order valence-electron chi connectivity index (χ1n) is 3.68. The van der Waals surface area contributed by atoms with Crippen molar-refractivity contribution in [2.45, 2.75) is 0 Å². The van der Waals surface area contributed by atoms with Crippen molar-refractivity contribution in [1.29, 1.82) is 0 Å². The average Bonchev–Trinajstić information content (AvgIpc) is 2.52. The third-order valence-corrected chi connectivity index (χ3v) is 1.78. The van der Waals surface area contributed by atoms with E-state index in [1.807, 2.05) is 0 Å². The van der Waals surface area contributed by atoms with Crippen LogP contribution in [-0.4, -0.2) is 14.8 Å². The van der Waals surface area contributed by atoms with Gasteiger partial charge in [0.1, 0.15) is 5.82 Å². The Bertz CT molecular complexity index is 424. The van der Waals surface area contributed by atoms with Crippen molar-refractivity contribution < 1.29 is 0 Å². The molecule has 0 aliphatic rings. The van der Waals surface area contributed by atoms with Crippen LogP contribution in [0.2, 0.25) is 5.02 Å². The van der Waals surface area contributed by atoms with E-state index in [-0.39, 0.29) is 0 Å². The second-order valence-corrected chi connectivity index (χ2v) is 2.98. The van der Waals surface area contributed by atoms with E-state index in [0.29, 0.717) is 10.8 Å². The van der Waals surface area contributed by atoms with Gasteiger partial charge in [0.25, 0.3) is 0 Å². The molecule has 0 unspecified atom stereocenters. The average molecular weight is 195 g/mol. The molecule has 0 bridgehead atoms. The zero-order valence-corrected chi connectivity index (χ0v) is 7.44. The Morgan fingerprint density at radius 1 is 1.46 bits per heavy atom. The first-order chi connectivity index (χ1) is 6.25. The maximum Gasteiger partial charge on any atom is 0.125 e. The van der Waals surface area contributed by atoms with E-state index in [4.69, 9.17) is 17.3 Å². The van der Waals surface area contributed by atoms with Crippen LogP contribution in [0.25, 0.3) is 5.69 Å². The molecule has 2 N–H and O–H groups in total. The number of halogens is 1. The summed E-state index contributed by atoms with van der Waals surface area (Å²) in [5, 5.41) is 4.62. The standard InChI is InChI=1S/C8H7ClN4/c9-6-4-12-13(5-6)7-1-2-11-8(10)3-7/h1-5H,(H2,10,11). The molecule has 4 nitrogen and oxygen atoms in total. The highest BCUT2D eigenvalue weighted by atomic mass is 35.5. The number of nitrogen functional groups attached to an aromatic ring is 1. The Morgan fingerprint density at radius 3 is 2.92 bits per heavy atom. The Labute approximate surface area is 80.0 Å². The molecule has 0 aliphatic carbocycles. The topological polar surface area (TPSA) is 56.7 Å². The fraction of sp³-hybridized carbons (Fsp3) is 0. The zero-order valence-electron chi connectivity index (χ0n) is 6.68. The van der Waals surface area contributed by atoms with Crippen LogP contribution in [0, 0.1) is 0 Å². The van der Waals surface area contributed by atoms with Gasteiger partial charge in [-0.25, -0.2) is 9.67 Å². The fourth-order valence-electron chi connectivity index (χ4n) is 1.02. The molecule has 0 fully saturated rings. The van der Waals surface area contributed by atoms with E-state index in [1.54, 1.807) is 35.4 Å². The van der Waals surface area contributed by atoms with Crippen LogP contribution in [0.15, 0.2) is 30.7 Å². The van der Waals surface area contributed by atoms with Crippen LogP contribution in [-0.2, 0) is 0 Å². The van der Waals surface area contributed by atoms with Crippen molar-refractivity contribution in [2.24, 2.45) is 0 Å². The normalized spacial score (nSPS) is 10.2. The number of hydrogen-bond donors (Lipinski definition) is 1. The smallest absolute Gasteiger partial charge is 0.125 e. The molecule has 2 aromatic rings. The van der Waals surface area contributed by atoms with Crippen molar-refractivity contribution in [3.63, 3.8) is 0 Å². The maximum absolute atomic E-state index is 5.72. The summed E-state index contributed by atoms with van der Waals surface area (Å²) in [5.74, 6) is 0.462. The maximum atomic E-state index is 5.72. The highest BCUT2D eigenvalue weighted by Gasteiger charge is 1.98. The molecule has 66 valence electrons. The van der Waals surface area contributed by atoms with Gasteiger partial charge < -0.3 is 5.73 Å². The first kappa shape index (κ1) is 8.07. The molecule has 2 rings (SSSR count). The molecule has 0 atom stereocenters. The zero-order chi connectivity index (χ0) is 9.26. The summed E-state index contributed by atoms with van der Waals surface area (Å²) in [6.45, 7) is 0. The molecule has 0 spiro atoms. The summed E-state index contributed by atoms with van der Waals surface area (Å²) in [7, 11) is 0. The lowest BCUT2D eigenvalue weighted by atomic mass is 10.4. The highest BCUT2D eigenvalue weighted by Crippen LogP contribution is 2.12. The molecule has 2 heterocycles. The van der Waals surface area contributed by atoms with E-state index in [2.05, 4.69) is 10.1 Å². The SMILES string of the molecule is Nc1cc(-n2cc(Cl)cn2)ccn1. The van der Waals surface area contributed by atoms with Gasteiger partial charge in [0.15, 0.2) is 0 Å². The van der Waals surface area contributed by atoms with Crippen LogP contribution >= 0.6 is 11.6 Å². The Hall–Kier alpha value is -1.55. The second-order valence-electron chi connectivity index (χ2n) is 2.54. The summed E-state index contributed by atoms with van der Waals surface area (Å²) < 4.78 is 1.64. The van der Waals surface area contributed by atoms with Crippen molar-refractivity contribution in [1.82, 2.24) is 14.8 Å². The molecular formula is C8H7ClN4. The van der Waals surface area contributed by atoms with Gasteiger partial charge in [-0.05, 0) is 6.07 Å². The predicted molar refractivity (Wildman–Crippen MR) is 50.8 cm³/mol. The first-order valence-corrected chi connectivity index (χ1v) is 4.05. The molecule has 2 aromatic heterocycles. The summed E-state index contributed by atoms with van der Waals surface area (Å²) in [6, 6.07) is 3.53. The number of pyridine rings is 1. The van der Waals surface area contributed by atoms with Crippen molar-refractivity contribution in [2.75, 3.05) is 5.73 Å². The molecule has 0 aliphatic heterocycles. The fourth-order valence-corrected chi connectivity index (χ4v) is 1.16. The molecule has 0 saturated heterocycles. The van der Waals surface area contributed by atoms with Crippen molar-refractivity contribution >= 4 is 17.4 Å². The largest absolute Gasteiger partial charge is 0.384 e. The van der Waals surface area contributed by atoms with E-state index in [9.17, 15) is 0 Å². The number of hydrogen-bond acceptors (Lipinski definition) is 3. The minimum absolute atomic E-state index is 0.462. The summed E-state index contributed by atoms with van der Waals surface area (Å²) in [6.07, 6.45) is 4.90. The van der Waals surface area contributed by atoms with Gasteiger partial charge in [0, 0.05) is 18.5 Å². The van der Waals surface area contributed by atoms with Crippen molar-refractivity contribution in [3.8, 4) is 5.69 Å². The Morgan fingerprint density at radius 2 is 2.31 bits per heavy atom. The molecule has 5 heteroatoms. The predicted octanol–water partition coefficient (Wildman–Crippen LogP) is 1.50. The molecule has 0 radical (unpaired) electrons. The van der Waals surface area contributed by atoms with Crippen LogP contribution in [0.3, 0.4) is 0 Å². The van der Waals surface area contributed by atoms with E-state index in [1.165, 1.54) is 0 Å². The van der Waals surface area contributed by atoms with Gasteiger partial charge in [-0.2, -0.15) is 5.10 Å². The van der Waals surface area contributed by atoms with Gasteiger partial charge >= 0.3 is 0 Å². The number of aromatic nitrogens is 3. The lowest BCUT2D eigenvalue weighted by molar-refractivity contribution is 0.878. The molecular weight excluding hydrogens is 188 g/mol. The third kappa shape index (κ3) is 1.62. The van der Waals surface area contributed by atoms with Crippen LogP contribution in [0.5, 0.6) is 0 Å².